The fraction of sp³-hybridized carbons (Fsp3) is 0.0833. The molecule has 0 fully saturated rings. The zero-order chi connectivity index (χ0) is 10.5. The molecule has 1 N–H and O–H groups in total. The number of benzene rings is 1. The third kappa shape index (κ3) is 2.70. The van der Waals surface area contributed by atoms with E-state index in [1.807, 2.05) is 36.4 Å². The van der Waals surface area contributed by atoms with Crippen LogP contribution in [-0.2, 0) is 6.54 Å². The van der Waals surface area contributed by atoms with Gasteiger partial charge in [0.15, 0.2) is 0 Å². The van der Waals surface area contributed by atoms with E-state index in [1.165, 1.54) is 5.56 Å². The summed E-state index contributed by atoms with van der Waals surface area (Å²) >= 11 is 6.02. The molecule has 2 rings (SSSR count). The van der Waals surface area contributed by atoms with E-state index in [0.717, 1.165) is 17.3 Å². The Morgan fingerprint density at radius 1 is 1.07 bits per heavy atom. The molecule has 2 nitrogen and oxygen atoms in total. The molecule has 0 amide bonds. The number of para-hydroxylation sites is 1. The molecule has 1 heterocycles. The van der Waals surface area contributed by atoms with Gasteiger partial charge in [0.2, 0.25) is 0 Å². The van der Waals surface area contributed by atoms with Gasteiger partial charge in [0.05, 0.1) is 10.7 Å². The maximum absolute atomic E-state index is 6.02. The molecule has 3 heteroatoms. The summed E-state index contributed by atoms with van der Waals surface area (Å²) in [7, 11) is 0. The van der Waals surface area contributed by atoms with Gasteiger partial charge in [-0.3, -0.25) is 4.98 Å². The van der Waals surface area contributed by atoms with Crippen LogP contribution in [0.2, 0.25) is 5.02 Å². The van der Waals surface area contributed by atoms with Gasteiger partial charge in [-0.15, -0.1) is 0 Å². The van der Waals surface area contributed by atoms with Gasteiger partial charge in [0, 0.05) is 18.9 Å². The van der Waals surface area contributed by atoms with Crippen molar-refractivity contribution in [3.63, 3.8) is 0 Å². The summed E-state index contributed by atoms with van der Waals surface area (Å²) in [4.78, 5) is 3.96. The zero-order valence-corrected chi connectivity index (χ0v) is 8.91. The average Bonchev–Trinajstić information content (AvgIpc) is 2.29. The van der Waals surface area contributed by atoms with E-state index in [2.05, 4.69) is 10.3 Å². The molecule has 0 aliphatic rings. The molecule has 0 saturated carbocycles. The molecule has 15 heavy (non-hydrogen) atoms. The van der Waals surface area contributed by atoms with Crippen molar-refractivity contribution in [3.8, 4) is 0 Å². The molecule has 0 radical (unpaired) electrons. The highest BCUT2D eigenvalue weighted by atomic mass is 35.5. The molecule has 2 aromatic rings. The first-order valence-corrected chi connectivity index (χ1v) is 5.11. The molecule has 0 aliphatic carbocycles. The van der Waals surface area contributed by atoms with Gasteiger partial charge in [-0.2, -0.15) is 0 Å². The summed E-state index contributed by atoms with van der Waals surface area (Å²) in [6, 6.07) is 11.7. The Labute approximate surface area is 93.9 Å². The van der Waals surface area contributed by atoms with E-state index in [9.17, 15) is 0 Å². The van der Waals surface area contributed by atoms with E-state index in [4.69, 9.17) is 11.6 Å². The molecule has 0 unspecified atom stereocenters. The Hall–Kier alpha value is -1.54. The van der Waals surface area contributed by atoms with Gasteiger partial charge in [-0.1, -0.05) is 23.7 Å². The number of nitrogens with one attached hydrogen (secondary N) is 1. The van der Waals surface area contributed by atoms with Gasteiger partial charge in [-0.05, 0) is 29.8 Å². The predicted octanol–water partition coefficient (Wildman–Crippen LogP) is 3.35. The topological polar surface area (TPSA) is 24.9 Å². The lowest BCUT2D eigenvalue weighted by molar-refractivity contribution is 1.13. The SMILES string of the molecule is Clc1ccccc1NCc1ccncc1. The number of halogens is 1. The third-order valence-electron chi connectivity index (χ3n) is 2.11. The van der Waals surface area contributed by atoms with Crippen molar-refractivity contribution in [2.24, 2.45) is 0 Å². The fourth-order valence-corrected chi connectivity index (χ4v) is 1.51. The molecular formula is C12H11ClN2. The van der Waals surface area contributed by atoms with Crippen LogP contribution in [0.15, 0.2) is 48.8 Å². The van der Waals surface area contributed by atoms with Crippen LogP contribution in [-0.4, -0.2) is 4.98 Å². The summed E-state index contributed by atoms with van der Waals surface area (Å²) in [6.07, 6.45) is 3.56. The molecule has 0 spiro atoms. The minimum Gasteiger partial charge on any atom is -0.380 e. The summed E-state index contributed by atoms with van der Waals surface area (Å²) in [6.45, 7) is 0.756. The van der Waals surface area contributed by atoms with Crippen LogP contribution in [0.5, 0.6) is 0 Å². The third-order valence-corrected chi connectivity index (χ3v) is 2.44. The molecular weight excluding hydrogens is 208 g/mol. The van der Waals surface area contributed by atoms with Crippen LogP contribution < -0.4 is 5.32 Å². The van der Waals surface area contributed by atoms with Gasteiger partial charge in [0.25, 0.3) is 0 Å². The Balaban J connectivity index is 2.03. The lowest BCUT2D eigenvalue weighted by Crippen LogP contribution is -1.99. The Morgan fingerprint density at radius 3 is 2.53 bits per heavy atom. The summed E-state index contributed by atoms with van der Waals surface area (Å²) < 4.78 is 0. The van der Waals surface area contributed by atoms with Crippen LogP contribution in [0.4, 0.5) is 5.69 Å². The summed E-state index contributed by atoms with van der Waals surface area (Å²) in [5.74, 6) is 0. The average molecular weight is 219 g/mol. The van der Waals surface area contributed by atoms with E-state index in [0.29, 0.717) is 0 Å². The maximum atomic E-state index is 6.02. The monoisotopic (exact) mass is 218 g/mol. The van der Waals surface area contributed by atoms with E-state index >= 15 is 0 Å². The van der Waals surface area contributed by atoms with E-state index in [1.54, 1.807) is 12.4 Å². The number of hydrogen-bond acceptors (Lipinski definition) is 2. The molecule has 76 valence electrons. The van der Waals surface area contributed by atoms with Gasteiger partial charge < -0.3 is 5.32 Å². The molecule has 0 aliphatic heterocycles. The molecule has 0 atom stereocenters. The number of pyridine rings is 1. The van der Waals surface area contributed by atoms with Crippen molar-refractivity contribution < 1.29 is 0 Å². The van der Waals surface area contributed by atoms with Crippen LogP contribution in [0.1, 0.15) is 5.56 Å². The van der Waals surface area contributed by atoms with Gasteiger partial charge in [-0.25, -0.2) is 0 Å². The number of anilines is 1. The second kappa shape index (κ2) is 4.80. The van der Waals surface area contributed by atoms with Crippen molar-refractivity contribution in [2.75, 3.05) is 5.32 Å². The summed E-state index contributed by atoms with van der Waals surface area (Å²) in [5, 5.41) is 4.01. The second-order valence-electron chi connectivity index (χ2n) is 3.19. The standard InChI is InChI=1S/C12H11ClN2/c13-11-3-1-2-4-12(11)15-9-10-5-7-14-8-6-10/h1-8,15H,9H2. The summed E-state index contributed by atoms with van der Waals surface area (Å²) in [5.41, 5.74) is 2.14. The minimum absolute atomic E-state index is 0.742. The highest BCUT2D eigenvalue weighted by Crippen LogP contribution is 2.20. The van der Waals surface area contributed by atoms with Crippen molar-refractivity contribution in [1.82, 2.24) is 4.98 Å². The van der Waals surface area contributed by atoms with Crippen molar-refractivity contribution in [1.29, 1.82) is 0 Å². The zero-order valence-electron chi connectivity index (χ0n) is 8.15. The number of aromatic nitrogens is 1. The first kappa shape index (κ1) is 9.99. The fourth-order valence-electron chi connectivity index (χ4n) is 1.30. The van der Waals surface area contributed by atoms with Crippen molar-refractivity contribution >= 4 is 17.3 Å². The first-order chi connectivity index (χ1) is 7.36. The second-order valence-corrected chi connectivity index (χ2v) is 3.60. The number of hydrogen-bond donors (Lipinski definition) is 1. The van der Waals surface area contributed by atoms with Crippen LogP contribution >= 0.6 is 11.6 Å². The maximum Gasteiger partial charge on any atom is 0.0637 e. The van der Waals surface area contributed by atoms with Gasteiger partial charge in [0.1, 0.15) is 0 Å². The predicted molar refractivity (Wildman–Crippen MR) is 63.0 cm³/mol. The number of nitrogens with zero attached hydrogens (tertiary/aromatic N) is 1. The smallest absolute Gasteiger partial charge is 0.0637 e. The first-order valence-electron chi connectivity index (χ1n) is 4.73. The van der Waals surface area contributed by atoms with Crippen LogP contribution in [0, 0.1) is 0 Å². The number of rotatable bonds is 3. The van der Waals surface area contributed by atoms with Crippen molar-refractivity contribution in [2.45, 2.75) is 6.54 Å². The molecule has 0 saturated heterocycles. The lowest BCUT2D eigenvalue weighted by Gasteiger charge is -2.07. The van der Waals surface area contributed by atoms with Crippen molar-refractivity contribution in [3.05, 3.63) is 59.4 Å². The van der Waals surface area contributed by atoms with Gasteiger partial charge >= 0.3 is 0 Å². The highest BCUT2D eigenvalue weighted by Gasteiger charge is 1.97. The largest absolute Gasteiger partial charge is 0.380 e. The van der Waals surface area contributed by atoms with E-state index in [-0.39, 0.29) is 0 Å². The normalized spacial score (nSPS) is 9.93. The van der Waals surface area contributed by atoms with Crippen LogP contribution in [0.25, 0.3) is 0 Å². The molecule has 1 aromatic carbocycles. The Kier molecular flexibility index (Phi) is 3.20. The Morgan fingerprint density at radius 2 is 1.80 bits per heavy atom. The highest BCUT2D eigenvalue weighted by molar-refractivity contribution is 6.33. The lowest BCUT2D eigenvalue weighted by atomic mass is 10.2. The Bertz CT molecular complexity index is 429. The minimum atomic E-state index is 0.742. The quantitative estimate of drug-likeness (QED) is 0.855. The molecule has 0 bridgehead atoms. The molecule has 1 aromatic heterocycles. The van der Waals surface area contributed by atoms with Crippen LogP contribution in [0.3, 0.4) is 0 Å². The van der Waals surface area contributed by atoms with E-state index < -0.39 is 0 Å².